The van der Waals surface area contributed by atoms with Crippen molar-refractivity contribution in [3.05, 3.63) is 96.6 Å². The van der Waals surface area contributed by atoms with Gasteiger partial charge in [0, 0.05) is 14.2 Å². The van der Waals surface area contributed by atoms with Gasteiger partial charge in [0.1, 0.15) is 19.2 Å². The van der Waals surface area contributed by atoms with Gasteiger partial charge in [-0.25, -0.2) is 4.79 Å². The van der Waals surface area contributed by atoms with Gasteiger partial charge in [-0.3, -0.25) is 4.79 Å². The van der Waals surface area contributed by atoms with E-state index in [4.69, 9.17) is 18.6 Å². The highest BCUT2D eigenvalue weighted by Gasteiger charge is 2.51. The number of methoxy groups -OCH3 is 2. The molecule has 9 heteroatoms. The van der Waals surface area contributed by atoms with E-state index in [0.717, 1.165) is 15.9 Å². The summed E-state index contributed by atoms with van der Waals surface area (Å²) in [5.74, 6) is -1.63. The Labute approximate surface area is 244 Å². The summed E-state index contributed by atoms with van der Waals surface area (Å²) < 4.78 is 23.7. The van der Waals surface area contributed by atoms with Crippen molar-refractivity contribution in [1.82, 2.24) is 10.6 Å². The average Bonchev–Trinajstić information content (AvgIpc) is 2.99. The summed E-state index contributed by atoms with van der Waals surface area (Å²) in [6.45, 7) is 8.22. The van der Waals surface area contributed by atoms with Gasteiger partial charge in [-0.15, -0.1) is 0 Å². The van der Waals surface area contributed by atoms with E-state index < -0.39 is 32.1 Å². The van der Waals surface area contributed by atoms with Gasteiger partial charge in [0.25, 0.3) is 8.32 Å². The van der Waals surface area contributed by atoms with Gasteiger partial charge in [-0.1, -0.05) is 112 Å². The van der Waals surface area contributed by atoms with Crippen molar-refractivity contribution in [3.63, 3.8) is 0 Å². The van der Waals surface area contributed by atoms with Crippen LogP contribution in [0.15, 0.2) is 91.0 Å². The molecule has 0 aromatic heterocycles. The molecule has 0 aliphatic heterocycles. The second-order valence-electron chi connectivity index (χ2n) is 10.9. The number of hydrogen-bond donors (Lipinski definition) is 2. The molecule has 0 fully saturated rings. The summed E-state index contributed by atoms with van der Waals surface area (Å²) in [7, 11) is 0.138. The molecule has 0 unspecified atom stereocenters. The standard InChI is InChI=1S/C32H42N2O6Si/c1-31(2,3)41(26-18-12-8-13-19-26,27-20-14-9-15-21-27)40-24-28(32(4,37-5)38-6)34-29(35)22-33-30(36)39-23-25-16-10-7-11-17-25/h7-21,28H,22-24H2,1-6H3,(H,33,36)(H,34,35)/t28-/m1/s1. The first-order chi connectivity index (χ1) is 19.6. The molecule has 0 bridgehead atoms. The minimum Gasteiger partial charge on any atom is -0.445 e. The van der Waals surface area contributed by atoms with Gasteiger partial charge in [-0.2, -0.15) is 0 Å². The predicted molar refractivity (Wildman–Crippen MR) is 163 cm³/mol. The number of hydrogen-bond acceptors (Lipinski definition) is 6. The van der Waals surface area contributed by atoms with Crippen LogP contribution in [0.1, 0.15) is 33.3 Å². The Morgan fingerprint density at radius 1 is 0.780 bits per heavy atom. The highest BCUT2D eigenvalue weighted by Crippen LogP contribution is 2.37. The van der Waals surface area contributed by atoms with Crippen LogP contribution in [0.25, 0.3) is 0 Å². The van der Waals surface area contributed by atoms with Gasteiger partial charge in [0.05, 0.1) is 6.61 Å². The van der Waals surface area contributed by atoms with E-state index in [2.05, 4.69) is 55.7 Å². The van der Waals surface area contributed by atoms with Crippen molar-refractivity contribution in [3.8, 4) is 0 Å². The Kier molecular flexibility index (Phi) is 11.3. The smallest absolute Gasteiger partial charge is 0.407 e. The molecule has 41 heavy (non-hydrogen) atoms. The molecule has 0 heterocycles. The van der Waals surface area contributed by atoms with Crippen LogP contribution in [0.3, 0.4) is 0 Å². The number of amides is 2. The molecule has 3 rings (SSSR count). The average molecular weight is 579 g/mol. The van der Waals surface area contributed by atoms with Crippen LogP contribution in [0.5, 0.6) is 0 Å². The molecule has 0 radical (unpaired) electrons. The van der Waals surface area contributed by atoms with E-state index in [1.54, 1.807) is 6.92 Å². The lowest BCUT2D eigenvalue weighted by atomic mass is 10.1. The molecule has 2 N–H and O–H groups in total. The van der Waals surface area contributed by atoms with Gasteiger partial charge in [0.2, 0.25) is 5.91 Å². The Bertz CT molecular complexity index is 1190. The number of rotatable bonds is 13. The first-order valence-electron chi connectivity index (χ1n) is 13.6. The fraction of sp³-hybridized carbons (Fsp3) is 0.375. The lowest BCUT2D eigenvalue weighted by Crippen LogP contribution is -2.68. The number of carbonyl (C=O) groups is 2. The van der Waals surface area contributed by atoms with Crippen molar-refractivity contribution in [2.45, 2.75) is 51.2 Å². The molecule has 0 aliphatic carbocycles. The van der Waals surface area contributed by atoms with E-state index in [1.807, 2.05) is 66.7 Å². The van der Waals surface area contributed by atoms with Crippen molar-refractivity contribution in [2.75, 3.05) is 27.4 Å². The maximum atomic E-state index is 13.0. The van der Waals surface area contributed by atoms with E-state index in [0.29, 0.717) is 0 Å². The number of ether oxygens (including phenoxy) is 3. The van der Waals surface area contributed by atoms with Crippen LogP contribution in [0.4, 0.5) is 4.79 Å². The minimum absolute atomic E-state index is 0.106. The molecule has 0 saturated heterocycles. The molecule has 2 amide bonds. The quantitative estimate of drug-likeness (QED) is 0.235. The maximum Gasteiger partial charge on any atom is 0.407 e. The third-order valence-corrected chi connectivity index (χ3v) is 12.3. The lowest BCUT2D eigenvalue weighted by molar-refractivity contribution is -0.216. The van der Waals surface area contributed by atoms with Crippen LogP contribution in [-0.4, -0.2) is 59.5 Å². The monoisotopic (exact) mass is 578 g/mol. The largest absolute Gasteiger partial charge is 0.445 e. The van der Waals surface area contributed by atoms with Crippen molar-refractivity contribution in [1.29, 1.82) is 0 Å². The third-order valence-electron chi connectivity index (χ3n) is 7.27. The summed E-state index contributed by atoms with van der Waals surface area (Å²) in [5, 5.41) is 7.43. The van der Waals surface area contributed by atoms with E-state index >= 15 is 0 Å². The fourth-order valence-electron chi connectivity index (χ4n) is 4.83. The number of carbonyl (C=O) groups excluding carboxylic acids is 2. The normalized spacial score (nSPS) is 12.8. The summed E-state index contributed by atoms with van der Waals surface area (Å²) >= 11 is 0. The van der Waals surface area contributed by atoms with E-state index in [9.17, 15) is 9.59 Å². The summed E-state index contributed by atoms with van der Waals surface area (Å²) in [5.41, 5.74) is 0.851. The highest BCUT2D eigenvalue weighted by molar-refractivity contribution is 6.99. The number of alkyl carbamates (subject to hydrolysis) is 1. The lowest BCUT2D eigenvalue weighted by Gasteiger charge is -2.45. The maximum absolute atomic E-state index is 13.0. The van der Waals surface area contributed by atoms with Crippen LogP contribution in [0, 0.1) is 0 Å². The second kappa shape index (κ2) is 14.4. The number of nitrogens with one attached hydrogen (secondary N) is 2. The molecule has 220 valence electrons. The molecule has 0 saturated carbocycles. The molecular weight excluding hydrogens is 536 g/mol. The van der Waals surface area contributed by atoms with Gasteiger partial charge in [0.15, 0.2) is 5.79 Å². The first kappa shape index (κ1) is 32.0. The van der Waals surface area contributed by atoms with Gasteiger partial charge in [-0.05, 0) is 27.9 Å². The van der Waals surface area contributed by atoms with Crippen molar-refractivity contribution < 1.29 is 28.2 Å². The highest BCUT2D eigenvalue weighted by atomic mass is 28.4. The Morgan fingerprint density at radius 2 is 1.27 bits per heavy atom. The molecule has 3 aromatic carbocycles. The topological polar surface area (TPSA) is 95.1 Å². The van der Waals surface area contributed by atoms with Gasteiger partial charge >= 0.3 is 6.09 Å². The van der Waals surface area contributed by atoms with Crippen LogP contribution < -0.4 is 21.0 Å². The zero-order valence-electron chi connectivity index (χ0n) is 24.8. The summed E-state index contributed by atoms with van der Waals surface area (Å²) in [4.78, 5) is 25.3. The van der Waals surface area contributed by atoms with E-state index in [-0.39, 0.29) is 24.8 Å². The zero-order chi connectivity index (χ0) is 29.9. The molecule has 3 aromatic rings. The fourth-order valence-corrected chi connectivity index (χ4v) is 9.41. The van der Waals surface area contributed by atoms with Crippen molar-refractivity contribution in [2.24, 2.45) is 0 Å². The molecule has 0 spiro atoms. The van der Waals surface area contributed by atoms with Crippen LogP contribution in [-0.2, 0) is 30.0 Å². The Hall–Kier alpha value is -3.50. The predicted octanol–water partition coefficient (Wildman–Crippen LogP) is 3.98. The Morgan fingerprint density at radius 3 is 1.73 bits per heavy atom. The zero-order valence-corrected chi connectivity index (χ0v) is 25.8. The SMILES string of the molecule is COC(C)(OC)[C@@H](CO[Si](c1ccccc1)(c1ccccc1)C(C)(C)C)NC(=O)CNC(=O)OCc1ccccc1. The first-order valence-corrected chi connectivity index (χ1v) is 15.6. The van der Waals surface area contributed by atoms with E-state index in [1.165, 1.54) is 14.2 Å². The van der Waals surface area contributed by atoms with Crippen molar-refractivity contribution >= 4 is 30.7 Å². The molecular formula is C32H42N2O6Si. The third kappa shape index (κ3) is 8.04. The van der Waals surface area contributed by atoms with Crippen LogP contribution >= 0.6 is 0 Å². The molecule has 0 aliphatic rings. The second-order valence-corrected chi connectivity index (χ2v) is 15.2. The minimum atomic E-state index is -2.90. The Balaban J connectivity index is 1.80. The van der Waals surface area contributed by atoms with Gasteiger partial charge < -0.3 is 29.3 Å². The summed E-state index contributed by atoms with van der Waals surface area (Å²) in [6, 6.07) is 29.1. The van der Waals surface area contributed by atoms with Crippen LogP contribution in [0.2, 0.25) is 5.04 Å². The summed E-state index contributed by atoms with van der Waals surface area (Å²) in [6.07, 6.45) is -0.689. The number of benzene rings is 3. The molecule has 1 atom stereocenters. The molecule has 8 nitrogen and oxygen atoms in total.